The van der Waals surface area contributed by atoms with E-state index < -0.39 is 5.60 Å². The second-order valence-electron chi connectivity index (χ2n) is 13.4. The zero-order valence-corrected chi connectivity index (χ0v) is 25.0. The number of rotatable bonds is 5. The fourth-order valence-electron chi connectivity index (χ4n) is 5.98. The highest BCUT2D eigenvalue weighted by Crippen LogP contribution is 2.36. The molecule has 0 radical (unpaired) electrons. The Morgan fingerprint density at radius 3 is 2.05 bits per heavy atom. The number of likely N-dealkylation sites (tertiary alicyclic amines) is 1. The number of piperidine rings is 1. The molecule has 0 N–H and O–H groups in total. The van der Waals surface area contributed by atoms with Gasteiger partial charge in [-0.2, -0.15) is 0 Å². The van der Waals surface area contributed by atoms with Crippen LogP contribution in [-0.4, -0.2) is 71.1 Å². The van der Waals surface area contributed by atoms with Crippen molar-refractivity contribution < 1.29 is 18.7 Å². The van der Waals surface area contributed by atoms with Gasteiger partial charge in [0.05, 0.1) is 6.04 Å². The summed E-state index contributed by atoms with van der Waals surface area (Å²) in [6.45, 7) is 15.6. The van der Waals surface area contributed by atoms with Crippen LogP contribution >= 0.6 is 0 Å². The number of piperazine rings is 1. The van der Waals surface area contributed by atoms with Crippen LogP contribution in [0.3, 0.4) is 0 Å². The molecular formula is C33H46FN3O3. The van der Waals surface area contributed by atoms with Crippen LogP contribution in [0.4, 0.5) is 9.18 Å². The molecule has 218 valence electrons. The summed E-state index contributed by atoms with van der Waals surface area (Å²) < 4.78 is 19.3. The van der Waals surface area contributed by atoms with Crippen LogP contribution in [0.1, 0.15) is 78.0 Å². The van der Waals surface area contributed by atoms with E-state index in [2.05, 4.69) is 42.7 Å². The Hall–Kier alpha value is -2.93. The van der Waals surface area contributed by atoms with E-state index in [-0.39, 0.29) is 41.2 Å². The number of ether oxygens (including phenoxy) is 1. The second kappa shape index (κ2) is 12.3. The minimum Gasteiger partial charge on any atom is -0.444 e. The van der Waals surface area contributed by atoms with Crippen molar-refractivity contribution in [3.8, 4) is 0 Å². The number of halogens is 1. The molecule has 0 aliphatic carbocycles. The summed E-state index contributed by atoms with van der Waals surface area (Å²) in [7, 11) is 0. The molecule has 6 nitrogen and oxygen atoms in total. The maximum absolute atomic E-state index is 13.8. The summed E-state index contributed by atoms with van der Waals surface area (Å²) in [4.78, 5) is 32.5. The van der Waals surface area contributed by atoms with Gasteiger partial charge in [0, 0.05) is 45.2 Å². The lowest BCUT2D eigenvalue weighted by molar-refractivity contribution is -0.141. The van der Waals surface area contributed by atoms with Crippen LogP contribution in [-0.2, 0) is 9.53 Å². The van der Waals surface area contributed by atoms with E-state index >= 15 is 0 Å². The third-order valence-electron chi connectivity index (χ3n) is 8.13. The van der Waals surface area contributed by atoms with Gasteiger partial charge in [-0.25, -0.2) is 9.18 Å². The van der Waals surface area contributed by atoms with E-state index in [1.54, 1.807) is 4.90 Å². The Morgan fingerprint density at radius 1 is 0.875 bits per heavy atom. The molecule has 2 atom stereocenters. The van der Waals surface area contributed by atoms with Crippen LogP contribution in [0.15, 0.2) is 54.6 Å². The monoisotopic (exact) mass is 551 g/mol. The van der Waals surface area contributed by atoms with Crippen molar-refractivity contribution in [3.63, 3.8) is 0 Å². The summed E-state index contributed by atoms with van der Waals surface area (Å²) in [6.07, 6.45) is 1.86. The molecule has 4 rings (SSSR count). The molecule has 0 spiro atoms. The van der Waals surface area contributed by atoms with Crippen LogP contribution < -0.4 is 0 Å². The molecule has 7 heteroatoms. The van der Waals surface area contributed by atoms with Crippen molar-refractivity contribution in [1.82, 2.24) is 14.7 Å². The average molecular weight is 552 g/mol. The first-order valence-electron chi connectivity index (χ1n) is 14.6. The van der Waals surface area contributed by atoms with E-state index in [0.717, 1.165) is 31.5 Å². The number of benzene rings is 2. The molecule has 2 heterocycles. The molecule has 2 aromatic carbocycles. The van der Waals surface area contributed by atoms with Crippen molar-refractivity contribution in [2.45, 2.75) is 78.5 Å². The van der Waals surface area contributed by atoms with Gasteiger partial charge in [-0.3, -0.25) is 9.69 Å². The van der Waals surface area contributed by atoms with Crippen molar-refractivity contribution in [2.24, 2.45) is 11.3 Å². The topological polar surface area (TPSA) is 53.1 Å². The van der Waals surface area contributed by atoms with Gasteiger partial charge in [0.25, 0.3) is 0 Å². The molecule has 2 aromatic rings. The number of hydrogen-bond donors (Lipinski definition) is 0. The largest absolute Gasteiger partial charge is 0.444 e. The molecule has 0 bridgehead atoms. The molecule has 2 saturated heterocycles. The zero-order chi connectivity index (χ0) is 29.1. The molecule has 40 heavy (non-hydrogen) atoms. The molecule has 2 aliphatic rings. The summed E-state index contributed by atoms with van der Waals surface area (Å²) in [5, 5.41) is 0. The summed E-state index contributed by atoms with van der Waals surface area (Å²) in [5.74, 6) is 0.227. The third kappa shape index (κ3) is 7.62. The number of hydrogen-bond acceptors (Lipinski definition) is 4. The number of nitrogens with zero attached hydrogens (tertiary/aromatic N) is 3. The molecule has 2 fully saturated rings. The molecule has 1 unspecified atom stereocenters. The van der Waals surface area contributed by atoms with Gasteiger partial charge in [-0.1, -0.05) is 63.2 Å². The van der Waals surface area contributed by atoms with Gasteiger partial charge >= 0.3 is 6.09 Å². The third-order valence-corrected chi connectivity index (χ3v) is 8.13. The van der Waals surface area contributed by atoms with Gasteiger partial charge in [-0.05, 0) is 68.2 Å². The van der Waals surface area contributed by atoms with Crippen molar-refractivity contribution in [3.05, 3.63) is 71.5 Å². The first-order valence-corrected chi connectivity index (χ1v) is 14.6. The van der Waals surface area contributed by atoms with Gasteiger partial charge < -0.3 is 14.5 Å². The van der Waals surface area contributed by atoms with Gasteiger partial charge in [0.1, 0.15) is 11.4 Å². The van der Waals surface area contributed by atoms with Crippen LogP contribution in [0.25, 0.3) is 0 Å². The second-order valence-corrected chi connectivity index (χ2v) is 13.4. The first kappa shape index (κ1) is 30.0. The lowest BCUT2D eigenvalue weighted by Gasteiger charge is -2.50. The molecule has 2 aliphatic heterocycles. The van der Waals surface area contributed by atoms with Crippen LogP contribution in [0, 0.1) is 17.2 Å². The highest BCUT2D eigenvalue weighted by atomic mass is 19.1. The Bertz CT molecular complexity index is 1130. The normalized spacial score (nSPS) is 20.3. The van der Waals surface area contributed by atoms with E-state index in [4.69, 9.17) is 4.74 Å². The highest BCUT2D eigenvalue weighted by Gasteiger charge is 2.41. The minimum absolute atomic E-state index is 0.0129. The van der Waals surface area contributed by atoms with Crippen molar-refractivity contribution >= 4 is 12.0 Å². The van der Waals surface area contributed by atoms with E-state index in [1.165, 1.54) is 17.7 Å². The van der Waals surface area contributed by atoms with E-state index in [1.807, 2.05) is 51.1 Å². The fraction of sp³-hybridized carbons (Fsp3) is 0.576. The van der Waals surface area contributed by atoms with Gasteiger partial charge in [0.15, 0.2) is 0 Å². The standard InChI is InChI=1S/C33H46FN3O3/c1-32(2,3)28-23-36(30(25-10-8-7-9-11-25)26-12-14-27(34)15-13-26)20-21-37(28)29(38)22-24-16-18-35(19-17-24)31(39)40-33(4,5)6/h7-15,24,28,30H,16-23H2,1-6H3/t28-,30?/m1/s1. The van der Waals surface area contributed by atoms with Crippen molar-refractivity contribution in [2.75, 3.05) is 32.7 Å². The number of carbonyl (C=O) groups is 2. The maximum atomic E-state index is 13.8. The summed E-state index contributed by atoms with van der Waals surface area (Å²) in [5.41, 5.74) is 1.60. The lowest BCUT2D eigenvalue weighted by Crippen LogP contribution is -2.60. The Morgan fingerprint density at radius 2 is 1.48 bits per heavy atom. The quantitative estimate of drug-likeness (QED) is 0.425. The smallest absolute Gasteiger partial charge is 0.410 e. The molecular weight excluding hydrogens is 505 g/mol. The summed E-state index contributed by atoms with van der Waals surface area (Å²) in [6, 6.07) is 17.2. The van der Waals surface area contributed by atoms with Crippen LogP contribution in [0.5, 0.6) is 0 Å². The molecule has 0 saturated carbocycles. The zero-order valence-electron chi connectivity index (χ0n) is 25.0. The summed E-state index contributed by atoms with van der Waals surface area (Å²) >= 11 is 0. The van der Waals surface area contributed by atoms with Crippen LogP contribution in [0.2, 0.25) is 0 Å². The highest BCUT2D eigenvalue weighted by molar-refractivity contribution is 5.77. The van der Waals surface area contributed by atoms with Crippen molar-refractivity contribution in [1.29, 1.82) is 0 Å². The molecule has 2 amide bonds. The molecule has 0 aromatic heterocycles. The SMILES string of the molecule is CC(C)(C)OC(=O)N1CCC(CC(=O)N2CCN(C(c3ccccc3)c3ccc(F)cc3)C[C@@H]2C(C)(C)C)CC1. The predicted molar refractivity (Wildman–Crippen MR) is 156 cm³/mol. The Labute approximate surface area is 239 Å². The average Bonchev–Trinajstić information content (AvgIpc) is 2.89. The number of carbonyl (C=O) groups excluding carboxylic acids is 2. The van der Waals surface area contributed by atoms with Gasteiger partial charge in [0.2, 0.25) is 5.91 Å². The fourth-order valence-corrected chi connectivity index (χ4v) is 5.98. The maximum Gasteiger partial charge on any atom is 0.410 e. The lowest BCUT2D eigenvalue weighted by atomic mass is 9.82. The van der Waals surface area contributed by atoms with E-state index in [0.29, 0.717) is 26.1 Å². The first-order chi connectivity index (χ1) is 18.8. The van der Waals surface area contributed by atoms with Gasteiger partial charge in [-0.15, -0.1) is 0 Å². The van der Waals surface area contributed by atoms with E-state index in [9.17, 15) is 14.0 Å². The predicted octanol–water partition coefficient (Wildman–Crippen LogP) is 6.51. The Balaban J connectivity index is 1.44. The number of amides is 2. The Kier molecular flexibility index (Phi) is 9.23. The minimum atomic E-state index is -0.510.